The molecule has 1 fully saturated rings. The molecule has 2 rings (SSSR count). The minimum atomic E-state index is -1.32. The van der Waals surface area contributed by atoms with Gasteiger partial charge in [0.15, 0.2) is 0 Å². The number of hydrogen-bond donors (Lipinski definition) is 3. The second kappa shape index (κ2) is 4.90. The van der Waals surface area contributed by atoms with Crippen LogP contribution in [0.1, 0.15) is 25.3 Å². The number of benzene rings is 1. The van der Waals surface area contributed by atoms with Gasteiger partial charge in [-0.2, -0.15) is 0 Å². The fourth-order valence-electron chi connectivity index (χ4n) is 2.04. The Labute approximate surface area is 111 Å². The van der Waals surface area contributed by atoms with Gasteiger partial charge < -0.3 is 15.5 Å². The Morgan fingerprint density at radius 1 is 1.42 bits per heavy atom. The SMILES string of the molecule is CC(O)(CO)CNC(=O)C1(c2ccc(F)cc2)CC1. The molecular formula is C14H18FNO3. The van der Waals surface area contributed by atoms with Crippen LogP contribution in [0.25, 0.3) is 0 Å². The van der Waals surface area contributed by atoms with Crippen molar-refractivity contribution in [3.63, 3.8) is 0 Å². The molecule has 1 aromatic rings. The summed E-state index contributed by atoms with van der Waals surface area (Å²) in [7, 11) is 0. The minimum Gasteiger partial charge on any atom is -0.393 e. The first-order chi connectivity index (χ1) is 8.89. The maximum atomic E-state index is 12.9. The second-order valence-corrected chi connectivity index (χ2v) is 5.43. The summed E-state index contributed by atoms with van der Waals surface area (Å²) in [5, 5.41) is 21.2. The maximum absolute atomic E-state index is 12.9. The van der Waals surface area contributed by atoms with E-state index >= 15 is 0 Å². The van der Waals surface area contributed by atoms with E-state index in [-0.39, 0.29) is 18.3 Å². The summed E-state index contributed by atoms with van der Waals surface area (Å²) in [5.41, 5.74) is -1.14. The summed E-state index contributed by atoms with van der Waals surface area (Å²) in [4.78, 5) is 12.2. The highest BCUT2D eigenvalue weighted by molar-refractivity contribution is 5.91. The highest BCUT2D eigenvalue weighted by atomic mass is 19.1. The molecular weight excluding hydrogens is 249 g/mol. The van der Waals surface area contributed by atoms with Crippen LogP contribution in [0.2, 0.25) is 0 Å². The fourth-order valence-corrected chi connectivity index (χ4v) is 2.04. The number of rotatable bonds is 5. The summed E-state index contributed by atoms with van der Waals surface area (Å²) in [6.07, 6.45) is 1.43. The zero-order valence-corrected chi connectivity index (χ0v) is 10.8. The van der Waals surface area contributed by atoms with E-state index in [4.69, 9.17) is 5.11 Å². The summed E-state index contributed by atoms with van der Waals surface area (Å²) in [6.45, 7) is 1.02. The van der Waals surface area contributed by atoms with Crippen molar-refractivity contribution in [2.45, 2.75) is 30.8 Å². The Hall–Kier alpha value is -1.46. The van der Waals surface area contributed by atoms with Gasteiger partial charge in [-0.15, -0.1) is 0 Å². The molecule has 0 spiro atoms. The van der Waals surface area contributed by atoms with Crippen molar-refractivity contribution >= 4 is 5.91 Å². The summed E-state index contributed by atoms with van der Waals surface area (Å²) in [6, 6.07) is 5.91. The van der Waals surface area contributed by atoms with Crippen LogP contribution >= 0.6 is 0 Å². The number of nitrogens with one attached hydrogen (secondary N) is 1. The van der Waals surface area contributed by atoms with Gasteiger partial charge in [0.05, 0.1) is 12.0 Å². The van der Waals surface area contributed by atoms with Crippen LogP contribution in [-0.2, 0) is 10.2 Å². The number of amides is 1. The molecule has 0 radical (unpaired) electrons. The van der Waals surface area contributed by atoms with E-state index in [1.807, 2.05) is 0 Å². The third kappa shape index (κ3) is 2.93. The molecule has 1 aromatic carbocycles. The second-order valence-electron chi connectivity index (χ2n) is 5.43. The molecule has 3 N–H and O–H groups in total. The predicted molar refractivity (Wildman–Crippen MR) is 68.0 cm³/mol. The summed E-state index contributed by atoms with van der Waals surface area (Å²) < 4.78 is 12.9. The first kappa shape index (κ1) is 14.0. The molecule has 0 aromatic heterocycles. The lowest BCUT2D eigenvalue weighted by Gasteiger charge is -2.23. The van der Waals surface area contributed by atoms with Gasteiger partial charge in [-0.05, 0) is 37.5 Å². The average molecular weight is 267 g/mol. The third-order valence-corrected chi connectivity index (χ3v) is 3.55. The van der Waals surface area contributed by atoms with Crippen molar-refractivity contribution in [2.75, 3.05) is 13.2 Å². The van der Waals surface area contributed by atoms with Gasteiger partial charge in [0.2, 0.25) is 5.91 Å². The smallest absolute Gasteiger partial charge is 0.230 e. The lowest BCUT2D eigenvalue weighted by atomic mass is 9.94. The van der Waals surface area contributed by atoms with Crippen molar-refractivity contribution in [3.8, 4) is 0 Å². The quantitative estimate of drug-likeness (QED) is 0.736. The van der Waals surface area contributed by atoms with Crippen LogP contribution in [0.5, 0.6) is 0 Å². The zero-order valence-electron chi connectivity index (χ0n) is 10.8. The van der Waals surface area contributed by atoms with E-state index in [0.29, 0.717) is 12.8 Å². The number of aliphatic hydroxyl groups is 2. The van der Waals surface area contributed by atoms with Crippen molar-refractivity contribution in [1.82, 2.24) is 5.32 Å². The normalized spacial score (nSPS) is 19.6. The lowest BCUT2D eigenvalue weighted by molar-refractivity contribution is -0.125. The van der Waals surface area contributed by atoms with Crippen LogP contribution in [0.15, 0.2) is 24.3 Å². The predicted octanol–water partition coefficient (Wildman–Crippen LogP) is 0.717. The van der Waals surface area contributed by atoms with E-state index in [0.717, 1.165) is 5.56 Å². The Bertz CT molecular complexity index is 466. The number of halogens is 1. The molecule has 1 aliphatic carbocycles. The van der Waals surface area contributed by atoms with Crippen molar-refractivity contribution in [2.24, 2.45) is 0 Å². The molecule has 0 aliphatic heterocycles. The van der Waals surface area contributed by atoms with Crippen molar-refractivity contribution < 1.29 is 19.4 Å². The Morgan fingerprint density at radius 3 is 2.47 bits per heavy atom. The van der Waals surface area contributed by atoms with Gasteiger partial charge in [0, 0.05) is 6.54 Å². The van der Waals surface area contributed by atoms with Crippen LogP contribution in [0.4, 0.5) is 4.39 Å². The van der Waals surface area contributed by atoms with Crippen LogP contribution < -0.4 is 5.32 Å². The largest absolute Gasteiger partial charge is 0.393 e. The molecule has 1 atom stereocenters. The Kier molecular flexibility index (Phi) is 3.60. The Balaban J connectivity index is 2.04. The van der Waals surface area contributed by atoms with Gasteiger partial charge in [-0.25, -0.2) is 4.39 Å². The topological polar surface area (TPSA) is 69.6 Å². The summed E-state index contributed by atoms with van der Waals surface area (Å²) >= 11 is 0. The molecule has 0 heterocycles. The molecule has 5 heteroatoms. The standard InChI is InChI=1S/C14H18FNO3/c1-13(19,9-17)8-16-12(18)14(6-7-14)10-2-4-11(15)5-3-10/h2-5,17,19H,6-9H2,1H3,(H,16,18). The fraction of sp³-hybridized carbons (Fsp3) is 0.500. The van der Waals surface area contributed by atoms with E-state index in [2.05, 4.69) is 5.32 Å². The van der Waals surface area contributed by atoms with Gasteiger partial charge in [-0.1, -0.05) is 12.1 Å². The van der Waals surface area contributed by atoms with Gasteiger partial charge >= 0.3 is 0 Å². The Morgan fingerprint density at radius 2 is 2.00 bits per heavy atom. The molecule has 1 unspecified atom stereocenters. The lowest BCUT2D eigenvalue weighted by Crippen LogP contribution is -2.46. The zero-order chi connectivity index (χ0) is 14.1. The van der Waals surface area contributed by atoms with Gasteiger partial charge in [-0.3, -0.25) is 4.79 Å². The molecule has 1 saturated carbocycles. The van der Waals surface area contributed by atoms with Crippen molar-refractivity contribution in [1.29, 1.82) is 0 Å². The number of aliphatic hydroxyl groups excluding tert-OH is 1. The first-order valence-electron chi connectivity index (χ1n) is 6.27. The van der Waals surface area contributed by atoms with E-state index in [1.54, 1.807) is 12.1 Å². The minimum absolute atomic E-state index is 0.00865. The maximum Gasteiger partial charge on any atom is 0.230 e. The average Bonchev–Trinajstić information content (AvgIpc) is 3.18. The molecule has 0 saturated heterocycles. The molecule has 0 bridgehead atoms. The number of carbonyl (C=O) groups excluding carboxylic acids is 1. The first-order valence-corrected chi connectivity index (χ1v) is 6.27. The third-order valence-electron chi connectivity index (χ3n) is 3.55. The monoisotopic (exact) mass is 267 g/mol. The van der Waals surface area contributed by atoms with Crippen LogP contribution in [-0.4, -0.2) is 34.9 Å². The summed E-state index contributed by atoms with van der Waals surface area (Å²) in [5.74, 6) is -0.518. The molecule has 4 nitrogen and oxygen atoms in total. The highest BCUT2D eigenvalue weighted by Gasteiger charge is 2.51. The van der Waals surface area contributed by atoms with Gasteiger partial charge in [0.1, 0.15) is 11.4 Å². The van der Waals surface area contributed by atoms with E-state index in [9.17, 15) is 14.3 Å². The van der Waals surface area contributed by atoms with Gasteiger partial charge in [0.25, 0.3) is 0 Å². The van der Waals surface area contributed by atoms with E-state index in [1.165, 1.54) is 19.1 Å². The van der Waals surface area contributed by atoms with Crippen molar-refractivity contribution in [3.05, 3.63) is 35.6 Å². The molecule has 19 heavy (non-hydrogen) atoms. The highest BCUT2D eigenvalue weighted by Crippen LogP contribution is 2.48. The molecule has 104 valence electrons. The number of hydrogen-bond acceptors (Lipinski definition) is 3. The van der Waals surface area contributed by atoms with Crippen LogP contribution in [0.3, 0.4) is 0 Å². The van der Waals surface area contributed by atoms with E-state index < -0.39 is 17.6 Å². The van der Waals surface area contributed by atoms with Crippen LogP contribution in [0, 0.1) is 5.82 Å². The molecule has 1 amide bonds. The number of carbonyl (C=O) groups is 1. The molecule has 1 aliphatic rings.